The maximum atomic E-state index is 10.4. The van der Waals surface area contributed by atoms with Crippen molar-refractivity contribution in [2.45, 2.75) is 18.9 Å². The summed E-state index contributed by atoms with van der Waals surface area (Å²) in [6, 6.07) is 3.05. The predicted octanol–water partition coefficient (Wildman–Crippen LogP) is 1.58. The molecule has 0 bridgehead atoms. The molecule has 2 rings (SSSR count). The number of rotatable bonds is 3. The first-order valence-corrected chi connectivity index (χ1v) is 5.05. The minimum atomic E-state index is -0.510. The Morgan fingerprint density at radius 3 is 2.94 bits per heavy atom. The van der Waals surface area contributed by atoms with Gasteiger partial charge in [0.1, 0.15) is 0 Å². The second-order valence-corrected chi connectivity index (χ2v) is 4.15. The molecule has 0 aliphatic carbocycles. The van der Waals surface area contributed by atoms with Crippen LogP contribution in [0.3, 0.4) is 0 Å². The minimum Gasteiger partial charge on any atom is -0.379 e. The Labute approximate surface area is 92.8 Å². The zero-order valence-corrected chi connectivity index (χ0v) is 8.97. The highest BCUT2D eigenvalue weighted by Gasteiger charge is 2.29. The zero-order valence-electron chi connectivity index (χ0n) is 8.97. The Morgan fingerprint density at radius 2 is 2.44 bits per heavy atom. The number of hydrogen-bond acceptors (Lipinski definition) is 5. The zero-order chi connectivity index (χ0) is 11.6. The lowest BCUT2D eigenvalue weighted by atomic mass is 10.0. The van der Waals surface area contributed by atoms with Crippen molar-refractivity contribution in [2.75, 3.05) is 18.5 Å². The molecule has 86 valence electrons. The first kappa shape index (κ1) is 10.8. The van der Waals surface area contributed by atoms with Crippen molar-refractivity contribution in [3.05, 3.63) is 28.4 Å². The second-order valence-electron chi connectivity index (χ2n) is 4.15. The number of aromatic nitrogens is 1. The van der Waals surface area contributed by atoms with Gasteiger partial charge in [-0.05, 0) is 29.3 Å². The van der Waals surface area contributed by atoms with E-state index in [1.54, 1.807) is 6.07 Å². The summed E-state index contributed by atoms with van der Waals surface area (Å²) in [5.41, 5.74) is 0.677. The third kappa shape index (κ3) is 2.27. The molecule has 16 heavy (non-hydrogen) atoms. The van der Waals surface area contributed by atoms with Gasteiger partial charge in [-0.1, -0.05) is 0 Å². The van der Waals surface area contributed by atoms with E-state index in [2.05, 4.69) is 17.2 Å². The molecule has 0 amide bonds. The Bertz CT molecular complexity index is 385. The van der Waals surface area contributed by atoms with E-state index in [-0.39, 0.29) is 11.4 Å². The van der Waals surface area contributed by atoms with Crippen molar-refractivity contribution < 1.29 is 9.66 Å². The molecule has 1 unspecified atom stereocenters. The number of hydrogen-bond donors (Lipinski definition) is 1. The third-order valence-corrected chi connectivity index (χ3v) is 2.60. The molecule has 0 aromatic carbocycles. The highest BCUT2D eigenvalue weighted by atomic mass is 16.6. The highest BCUT2D eigenvalue weighted by molar-refractivity contribution is 5.45. The fourth-order valence-corrected chi connectivity index (χ4v) is 1.68. The summed E-state index contributed by atoms with van der Waals surface area (Å²) in [6.45, 7) is 3.44. The molecule has 1 N–H and O–H groups in total. The monoisotopic (exact) mass is 223 g/mol. The van der Waals surface area contributed by atoms with Crippen LogP contribution in [-0.4, -0.2) is 28.7 Å². The summed E-state index contributed by atoms with van der Waals surface area (Å²) >= 11 is 0. The molecule has 6 heteroatoms. The lowest BCUT2D eigenvalue weighted by Gasteiger charge is -2.23. The maximum Gasteiger partial charge on any atom is 0.363 e. The van der Waals surface area contributed by atoms with Crippen LogP contribution in [0.15, 0.2) is 18.3 Å². The molecule has 1 aliphatic heterocycles. The Balaban J connectivity index is 2.07. The highest BCUT2D eigenvalue weighted by Crippen LogP contribution is 2.23. The topological polar surface area (TPSA) is 77.3 Å². The van der Waals surface area contributed by atoms with Gasteiger partial charge >= 0.3 is 5.82 Å². The van der Waals surface area contributed by atoms with Crippen LogP contribution in [0.5, 0.6) is 0 Å². The van der Waals surface area contributed by atoms with Crippen molar-refractivity contribution in [1.82, 2.24) is 4.98 Å². The average Bonchev–Trinajstić information content (AvgIpc) is 2.65. The van der Waals surface area contributed by atoms with E-state index >= 15 is 0 Å². The maximum absolute atomic E-state index is 10.4. The lowest BCUT2D eigenvalue weighted by Crippen LogP contribution is -2.34. The molecular formula is C10H13N3O3. The molecule has 1 atom stereocenters. The van der Waals surface area contributed by atoms with Gasteiger partial charge in [-0.3, -0.25) is 0 Å². The first-order valence-electron chi connectivity index (χ1n) is 5.05. The Morgan fingerprint density at radius 1 is 1.62 bits per heavy atom. The summed E-state index contributed by atoms with van der Waals surface area (Å²) in [5, 5.41) is 13.7. The number of ether oxygens (including phenoxy) is 1. The number of nitro groups is 1. The molecule has 0 saturated carbocycles. The lowest BCUT2D eigenvalue weighted by molar-refractivity contribution is -0.389. The van der Waals surface area contributed by atoms with E-state index in [0.29, 0.717) is 6.61 Å². The Hall–Kier alpha value is -1.69. The standard InChI is InChI=1S/C10H13N3O3/c1-10(4-5-16-7-10)12-8-2-3-9(11-6-8)13(14)15/h2-3,6,12H,4-5,7H2,1H3. The van der Waals surface area contributed by atoms with Gasteiger partial charge in [-0.25, -0.2) is 0 Å². The molecule has 6 nitrogen and oxygen atoms in total. The minimum absolute atomic E-state index is 0.0994. The van der Waals surface area contributed by atoms with Gasteiger partial charge in [-0.15, -0.1) is 0 Å². The van der Waals surface area contributed by atoms with Crippen molar-refractivity contribution in [2.24, 2.45) is 0 Å². The van der Waals surface area contributed by atoms with Gasteiger partial charge in [0.25, 0.3) is 0 Å². The van der Waals surface area contributed by atoms with Gasteiger partial charge in [0.05, 0.1) is 17.8 Å². The van der Waals surface area contributed by atoms with Crippen LogP contribution in [0.2, 0.25) is 0 Å². The quantitative estimate of drug-likeness (QED) is 0.621. The van der Waals surface area contributed by atoms with E-state index < -0.39 is 4.92 Å². The third-order valence-electron chi connectivity index (χ3n) is 2.60. The predicted molar refractivity (Wildman–Crippen MR) is 58.4 cm³/mol. The van der Waals surface area contributed by atoms with Crippen LogP contribution in [0.1, 0.15) is 13.3 Å². The van der Waals surface area contributed by atoms with E-state index in [4.69, 9.17) is 4.74 Å². The van der Waals surface area contributed by atoms with Crippen LogP contribution in [0, 0.1) is 10.1 Å². The van der Waals surface area contributed by atoms with E-state index in [9.17, 15) is 10.1 Å². The molecule has 1 aliphatic rings. The molecule has 1 saturated heterocycles. The Kier molecular flexibility index (Phi) is 2.74. The molecule has 1 aromatic rings. The van der Waals surface area contributed by atoms with Gasteiger partial charge in [-0.2, -0.15) is 0 Å². The molecule has 0 radical (unpaired) electrons. The van der Waals surface area contributed by atoms with Crippen molar-refractivity contribution in [1.29, 1.82) is 0 Å². The number of pyridine rings is 1. The fraction of sp³-hybridized carbons (Fsp3) is 0.500. The van der Waals surface area contributed by atoms with Crippen LogP contribution in [0.25, 0.3) is 0 Å². The van der Waals surface area contributed by atoms with Crippen molar-refractivity contribution >= 4 is 11.5 Å². The number of anilines is 1. The molecule has 1 aromatic heterocycles. The van der Waals surface area contributed by atoms with Crippen molar-refractivity contribution in [3.63, 3.8) is 0 Å². The van der Waals surface area contributed by atoms with Crippen LogP contribution in [-0.2, 0) is 4.74 Å². The summed E-state index contributed by atoms with van der Waals surface area (Å²) in [6.07, 6.45) is 2.39. The van der Waals surface area contributed by atoms with Crippen LogP contribution in [0.4, 0.5) is 11.5 Å². The molecular weight excluding hydrogens is 210 g/mol. The fourth-order valence-electron chi connectivity index (χ4n) is 1.68. The molecule has 2 heterocycles. The molecule has 0 spiro atoms. The summed E-state index contributed by atoms with van der Waals surface area (Å²) in [7, 11) is 0. The van der Waals surface area contributed by atoms with Gasteiger partial charge in [0.2, 0.25) is 0 Å². The van der Waals surface area contributed by atoms with Gasteiger partial charge in [0.15, 0.2) is 6.20 Å². The smallest absolute Gasteiger partial charge is 0.363 e. The average molecular weight is 223 g/mol. The first-order chi connectivity index (χ1) is 7.59. The van der Waals surface area contributed by atoms with E-state index in [0.717, 1.165) is 18.7 Å². The summed E-state index contributed by atoms with van der Waals surface area (Å²) in [4.78, 5) is 13.7. The normalized spacial score (nSPS) is 24.3. The van der Waals surface area contributed by atoms with Gasteiger partial charge < -0.3 is 20.2 Å². The van der Waals surface area contributed by atoms with E-state index in [1.807, 2.05) is 0 Å². The molecule has 1 fully saturated rings. The van der Waals surface area contributed by atoms with Gasteiger partial charge in [0, 0.05) is 12.7 Å². The number of nitrogens with one attached hydrogen (secondary N) is 1. The van der Waals surface area contributed by atoms with Crippen LogP contribution >= 0.6 is 0 Å². The number of nitrogens with zero attached hydrogens (tertiary/aromatic N) is 2. The van der Waals surface area contributed by atoms with E-state index in [1.165, 1.54) is 12.3 Å². The van der Waals surface area contributed by atoms with Crippen LogP contribution < -0.4 is 5.32 Å². The SMILES string of the molecule is CC1(Nc2ccc([N+](=O)[O-])nc2)CCOC1. The van der Waals surface area contributed by atoms with Crippen molar-refractivity contribution in [3.8, 4) is 0 Å². The summed E-state index contributed by atoms with van der Waals surface area (Å²) < 4.78 is 5.30. The second kappa shape index (κ2) is 4.05. The largest absolute Gasteiger partial charge is 0.379 e. The summed E-state index contributed by atoms with van der Waals surface area (Å²) in [5.74, 6) is -0.140.